The predicted molar refractivity (Wildman–Crippen MR) is 124 cm³/mol. The average Bonchev–Trinajstić information content (AvgIpc) is 2.80. The monoisotopic (exact) mass is 422 g/mol. The summed E-state index contributed by atoms with van der Waals surface area (Å²) in [5, 5.41) is 3.07. The third-order valence-corrected chi connectivity index (χ3v) is 6.23. The van der Waals surface area contributed by atoms with Crippen molar-refractivity contribution < 1.29 is 14.3 Å². The fraction of sp³-hybridized carbons (Fsp3) is 0.462. The molecule has 166 valence electrons. The van der Waals surface area contributed by atoms with Crippen LogP contribution in [-0.2, 0) is 4.79 Å². The van der Waals surface area contributed by atoms with E-state index in [-0.39, 0.29) is 30.6 Å². The van der Waals surface area contributed by atoms with Crippen LogP contribution in [0.25, 0.3) is 0 Å². The lowest BCUT2D eigenvalue weighted by molar-refractivity contribution is -0.121. The number of likely N-dealkylation sites (tertiary alicyclic amines) is 1. The van der Waals surface area contributed by atoms with Crippen molar-refractivity contribution >= 4 is 11.7 Å². The summed E-state index contributed by atoms with van der Waals surface area (Å²) in [7, 11) is 1.66. The number of piperidine rings is 1. The van der Waals surface area contributed by atoms with Crippen LogP contribution in [0.5, 0.6) is 5.75 Å². The number of hydrogen-bond acceptors (Lipinski definition) is 4. The van der Waals surface area contributed by atoms with Gasteiger partial charge in [0.1, 0.15) is 5.75 Å². The number of rotatable bonds is 9. The molecular formula is C26H34N2O3. The number of carbonyl (C=O) groups excluding carboxylic acids is 2. The van der Waals surface area contributed by atoms with E-state index < -0.39 is 0 Å². The molecule has 3 rings (SSSR count). The van der Waals surface area contributed by atoms with Crippen molar-refractivity contribution in [1.82, 2.24) is 10.2 Å². The molecule has 0 radical (unpaired) electrons. The number of amides is 1. The topological polar surface area (TPSA) is 58.6 Å². The van der Waals surface area contributed by atoms with Crippen molar-refractivity contribution in [2.45, 2.75) is 52.0 Å². The van der Waals surface area contributed by atoms with Gasteiger partial charge in [-0.25, -0.2) is 0 Å². The van der Waals surface area contributed by atoms with E-state index in [1.165, 1.54) is 24.8 Å². The van der Waals surface area contributed by atoms with Crippen LogP contribution in [0.4, 0.5) is 0 Å². The van der Waals surface area contributed by atoms with E-state index in [0.29, 0.717) is 12.1 Å². The number of ether oxygens (including phenoxy) is 1. The van der Waals surface area contributed by atoms with Crippen LogP contribution >= 0.6 is 0 Å². The van der Waals surface area contributed by atoms with E-state index in [2.05, 4.69) is 22.3 Å². The van der Waals surface area contributed by atoms with Gasteiger partial charge in [0, 0.05) is 24.9 Å². The van der Waals surface area contributed by atoms with E-state index in [0.717, 1.165) is 30.0 Å². The number of benzene rings is 2. The Kier molecular flexibility index (Phi) is 8.24. The molecular weight excluding hydrogens is 388 g/mol. The van der Waals surface area contributed by atoms with Gasteiger partial charge in [-0.2, -0.15) is 0 Å². The molecule has 1 aliphatic rings. The lowest BCUT2D eigenvalue weighted by Gasteiger charge is -2.35. The minimum Gasteiger partial charge on any atom is -0.497 e. The molecule has 0 bridgehead atoms. The minimum atomic E-state index is -0.0762. The third kappa shape index (κ3) is 6.41. The molecule has 0 saturated carbocycles. The molecule has 0 aromatic heterocycles. The molecule has 1 amide bonds. The highest BCUT2D eigenvalue weighted by Crippen LogP contribution is 2.26. The summed E-state index contributed by atoms with van der Waals surface area (Å²) in [6.07, 6.45) is 4.07. The highest BCUT2D eigenvalue weighted by Gasteiger charge is 2.23. The first-order chi connectivity index (χ1) is 15.0. The van der Waals surface area contributed by atoms with E-state index in [1.807, 2.05) is 44.2 Å². The standard InChI is InChI=1S/C26H34N2O3/c1-19-7-8-22(17-20(19)2)25(29)13-14-26(30)27-18-24(28-15-5-4-6-16-28)21-9-11-23(31-3)12-10-21/h7-12,17,24H,4-6,13-16,18H2,1-3H3,(H,27,30). The minimum absolute atomic E-state index is 0.0148. The summed E-state index contributed by atoms with van der Waals surface area (Å²) < 4.78 is 5.28. The molecule has 2 aromatic rings. The molecule has 5 heteroatoms. The van der Waals surface area contributed by atoms with Gasteiger partial charge >= 0.3 is 0 Å². The predicted octanol–water partition coefficient (Wildman–Crippen LogP) is 4.62. The van der Waals surface area contributed by atoms with E-state index in [9.17, 15) is 9.59 Å². The molecule has 1 aliphatic heterocycles. The maximum atomic E-state index is 12.5. The number of nitrogens with zero attached hydrogens (tertiary/aromatic N) is 1. The number of nitrogens with one attached hydrogen (secondary N) is 1. The molecule has 1 unspecified atom stereocenters. The van der Waals surface area contributed by atoms with Gasteiger partial charge in [0.05, 0.1) is 13.2 Å². The van der Waals surface area contributed by atoms with Crippen LogP contribution in [-0.4, -0.2) is 43.3 Å². The maximum absolute atomic E-state index is 12.5. The molecule has 31 heavy (non-hydrogen) atoms. The number of Topliss-reactive ketones (excluding diaryl/α,β-unsaturated/α-hetero) is 1. The van der Waals surface area contributed by atoms with Gasteiger partial charge in [-0.3, -0.25) is 14.5 Å². The van der Waals surface area contributed by atoms with Crippen LogP contribution in [0.2, 0.25) is 0 Å². The Labute approximate surface area is 185 Å². The second-order valence-electron chi connectivity index (χ2n) is 8.41. The van der Waals surface area contributed by atoms with Gasteiger partial charge < -0.3 is 10.1 Å². The number of carbonyl (C=O) groups is 2. The Morgan fingerprint density at radius 3 is 2.32 bits per heavy atom. The SMILES string of the molecule is COc1ccc(C(CNC(=O)CCC(=O)c2ccc(C)c(C)c2)N2CCCCC2)cc1. The summed E-state index contributed by atoms with van der Waals surface area (Å²) in [6, 6.07) is 13.9. The lowest BCUT2D eigenvalue weighted by atomic mass is 10.0. The number of aryl methyl sites for hydroxylation is 2. The van der Waals surface area contributed by atoms with Gasteiger partial charge in [-0.1, -0.05) is 30.7 Å². The molecule has 1 saturated heterocycles. The number of methoxy groups -OCH3 is 1. The van der Waals surface area contributed by atoms with E-state index in [1.54, 1.807) is 7.11 Å². The van der Waals surface area contributed by atoms with Crippen LogP contribution < -0.4 is 10.1 Å². The van der Waals surface area contributed by atoms with Gasteiger partial charge in [0.15, 0.2) is 5.78 Å². The van der Waals surface area contributed by atoms with Gasteiger partial charge in [0.2, 0.25) is 5.91 Å². The normalized spacial score (nSPS) is 15.3. The first-order valence-corrected chi connectivity index (χ1v) is 11.2. The van der Waals surface area contributed by atoms with Gasteiger partial charge in [-0.05, 0) is 74.7 Å². The second-order valence-corrected chi connectivity index (χ2v) is 8.41. The maximum Gasteiger partial charge on any atom is 0.220 e. The van der Waals surface area contributed by atoms with Crippen molar-refractivity contribution in [2.75, 3.05) is 26.7 Å². The number of ketones is 1. The summed E-state index contributed by atoms with van der Waals surface area (Å²) in [6.45, 7) is 6.65. The molecule has 0 aliphatic carbocycles. The third-order valence-electron chi connectivity index (χ3n) is 6.23. The highest BCUT2D eigenvalue weighted by atomic mass is 16.5. The van der Waals surface area contributed by atoms with Crippen molar-refractivity contribution in [1.29, 1.82) is 0 Å². The quantitative estimate of drug-likeness (QED) is 0.599. The molecule has 1 fully saturated rings. The lowest BCUT2D eigenvalue weighted by Crippen LogP contribution is -2.40. The average molecular weight is 423 g/mol. The summed E-state index contributed by atoms with van der Waals surface area (Å²) in [5.41, 5.74) is 4.12. The summed E-state index contributed by atoms with van der Waals surface area (Å²) >= 11 is 0. The first kappa shape index (κ1) is 23.0. The Balaban J connectivity index is 1.57. The van der Waals surface area contributed by atoms with Crippen molar-refractivity contribution in [3.8, 4) is 5.75 Å². The molecule has 5 nitrogen and oxygen atoms in total. The van der Waals surface area contributed by atoms with Crippen LogP contribution in [0.15, 0.2) is 42.5 Å². The van der Waals surface area contributed by atoms with E-state index >= 15 is 0 Å². The summed E-state index contributed by atoms with van der Waals surface area (Å²) in [4.78, 5) is 27.4. The van der Waals surface area contributed by atoms with Crippen LogP contribution in [0, 0.1) is 13.8 Å². The fourth-order valence-corrected chi connectivity index (χ4v) is 4.10. The smallest absolute Gasteiger partial charge is 0.220 e. The van der Waals surface area contributed by atoms with Gasteiger partial charge in [0.25, 0.3) is 0 Å². The Morgan fingerprint density at radius 1 is 0.968 bits per heavy atom. The van der Waals surface area contributed by atoms with E-state index in [4.69, 9.17) is 4.74 Å². The van der Waals surface area contributed by atoms with Crippen molar-refractivity contribution in [2.24, 2.45) is 0 Å². The molecule has 1 heterocycles. The zero-order valence-corrected chi connectivity index (χ0v) is 18.9. The fourth-order valence-electron chi connectivity index (χ4n) is 4.10. The second kappa shape index (κ2) is 11.1. The molecule has 0 spiro atoms. The summed E-state index contributed by atoms with van der Waals surface area (Å²) in [5.74, 6) is 0.767. The van der Waals surface area contributed by atoms with Crippen LogP contribution in [0.1, 0.15) is 65.2 Å². The Hall–Kier alpha value is -2.66. The number of hydrogen-bond donors (Lipinski definition) is 1. The van der Waals surface area contributed by atoms with Gasteiger partial charge in [-0.15, -0.1) is 0 Å². The highest BCUT2D eigenvalue weighted by molar-refractivity contribution is 5.98. The first-order valence-electron chi connectivity index (χ1n) is 11.2. The zero-order valence-electron chi connectivity index (χ0n) is 18.9. The molecule has 2 aromatic carbocycles. The Morgan fingerprint density at radius 2 is 1.68 bits per heavy atom. The van der Waals surface area contributed by atoms with Crippen molar-refractivity contribution in [3.63, 3.8) is 0 Å². The zero-order chi connectivity index (χ0) is 22.2. The largest absolute Gasteiger partial charge is 0.497 e. The Bertz CT molecular complexity index is 886. The molecule has 1 N–H and O–H groups in total. The molecule has 1 atom stereocenters. The van der Waals surface area contributed by atoms with Crippen molar-refractivity contribution in [3.05, 3.63) is 64.7 Å². The van der Waals surface area contributed by atoms with Crippen LogP contribution in [0.3, 0.4) is 0 Å².